The molecular weight excluding hydrogens is 332 g/mol. The molecule has 0 aliphatic heterocycles. The minimum absolute atomic E-state index is 0.0377. The van der Waals surface area contributed by atoms with Crippen LogP contribution in [0.4, 0.5) is 5.69 Å². The average Bonchev–Trinajstić information content (AvgIpc) is 2.62. The van der Waals surface area contributed by atoms with Crippen molar-refractivity contribution >= 4 is 12.1 Å². The topological polar surface area (TPSA) is 90.8 Å². The Balaban J connectivity index is 1.92. The number of nitrogens with one attached hydrogen (secondary N) is 2. The molecule has 2 aromatic carbocycles. The van der Waals surface area contributed by atoms with Gasteiger partial charge in [-0.05, 0) is 55.2 Å². The second-order valence-electron chi connectivity index (χ2n) is 6.37. The van der Waals surface area contributed by atoms with E-state index in [1.165, 1.54) is 11.6 Å². The van der Waals surface area contributed by atoms with Gasteiger partial charge in [0, 0.05) is 12.6 Å². The van der Waals surface area contributed by atoms with Crippen LogP contribution >= 0.6 is 0 Å². The Morgan fingerprint density at radius 3 is 2.65 bits per heavy atom. The van der Waals surface area contributed by atoms with Gasteiger partial charge in [0.15, 0.2) is 0 Å². The minimum Gasteiger partial charge on any atom is -0.506 e. The number of rotatable bonds is 9. The maximum atomic E-state index is 10.6. The molecule has 0 aliphatic carbocycles. The van der Waals surface area contributed by atoms with Gasteiger partial charge in [-0.2, -0.15) is 0 Å². The first kappa shape index (κ1) is 19.8. The molecule has 0 bridgehead atoms. The van der Waals surface area contributed by atoms with E-state index in [0.717, 1.165) is 17.7 Å². The van der Waals surface area contributed by atoms with Crippen LogP contribution in [0.25, 0.3) is 0 Å². The number of benzene rings is 2. The number of hydrogen-bond acceptors (Lipinski definition) is 5. The van der Waals surface area contributed by atoms with Crippen molar-refractivity contribution in [3.63, 3.8) is 0 Å². The Bertz CT molecular complexity index is 749. The van der Waals surface area contributed by atoms with E-state index < -0.39 is 6.10 Å². The number of phenolic OH excluding ortho intramolecular Hbond substituents is 1. The molecule has 0 unspecified atom stereocenters. The van der Waals surface area contributed by atoms with Crippen molar-refractivity contribution in [2.24, 2.45) is 0 Å². The summed E-state index contributed by atoms with van der Waals surface area (Å²) in [5.41, 5.74) is 3.18. The van der Waals surface area contributed by atoms with Crippen LogP contribution in [0.1, 0.15) is 29.7 Å². The number of phenols is 1. The van der Waals surface area contributed by atoms with Crippen molar-refractivity contribution in [1.29, 1.82) is 0 Å². The van der Waals surface area contributed by atoms with Crippen LogP contribution in [0.3, 0.4) is 0 Å². The van der Waals surface area contributed by atoms with Crippen LogP contribution in [0.5, 0.6) is 11.5 Å². The predicted molar refractivity (Wildman–Crippen MR) is 102 cm³/mol. The Morgan fingerprint density at radius 2 is 2.00 bits per heavy atom. The molecule has 0 saturated carbocycles. The van der Waals surface area contributed by atoms with Gasteiger partial charge in [0.25, 0.3) is 0 Å². The Morgan fingerprint density at radius 1 is 1.23 bits per heavy atom. The maximum absolute atomic E-state index is 10.6. The number of hydrogen-bond donors (Lipinski definition) is 4. The number of aliphatic hydroxyl groups is 1. The first-order chi connectivity index (χ1) is 12.4. The third kappa shape index (κ3) is 5.21. The van der Waals surface area contributed by atoms with Gasteiger partial charge >= 0.3 is 0 Å². The molecular formula is C20H26N2O4. The summed E-state index contributed by atoms with van der Waals surface area (Å²) < 4.78 is 5.27. The zero-order chi connectivity index (χ0) is 19.1. The standard InChI is InChI=1S/C20H26N2O4/c1-13-8-15(4-7-20(13)26-3)9-14(2)21-11-19(25)16-5-6-18(24)17(10-16)22-12-23/h4-8,10,12,14,19,21,24-25H,9,11H2,1-3H3,(H,22,23)/t14-,19+/m1/s1. The monoisotopic (exact) mass is 358 g/mol. The van der Waals surface area contributed by atoms with Crippen molar-refractivity contribution in [1.82, 2.24) is 5.32 Å². The molecule has 0 saturated heterocycles. The van der Waals surface area contributed by atoms with Crippen LogP contribution in [0.2, 0.25) is 0 Å². The first-order valence-corrected chi connectivity index (χ1v) is 8.52. The number of ether oxygens (including phenoxy) is 1. The summed E-state index contributed by atoms with van der Waals surface area (Å²) in [5.74, 6) is 0.834. The molecule has 0 aromatic heterocycles. The number of aryl methyl sites for hydroxylation is 1. The quantitative estimate of drug-likeness (QED) is 0.408. The fourth-order valence-electron chi connectivity index (χ4n) is 2.86. The highest BCUT2D eigenvalue weighted by Gasteiger charge is 2.12. The zero-order valence-electron chi connectivity index (χ0n) is 15.3. The second kappa shape index (κ2) is 9.22. The molecule has 6 heteroatoms. The summed E-state index contributed by atoms with van der Waals surface area (Å²) in [6.07, 6.45) is 0.566. The number of carbonyl (C=O) groups is 1. The molecule has 2 aromatic rings. The summed E-state index contributed by atoms with van der Waals surface area (Å²) in [4.78, 5) is 10.6. The van der Waals surface area contributed by atoms with Gasteiger partial charge in [0.05, 0.1) is 18.9 Å². The van der Waals surface area contributed by atoms with Crippen LogP contribution in [-0.2, 0) is 11.2 Å². The molecule has 0 fully saturated rings. The van der Waals surface area contributed by atoms with Gasteiger partial charge < -0.3 is 25.6 Å². The Hall–Kier alpha value is -2.57. The van der Waals surface area contributed by atoms with Gasteiger partial charge in [0.1, 0.15) is 11.5 Å². The molecule has 0 heterocycles. The number of anilines is 1. The van der Waals surface area contributed by atoms with Gasteiger partial charge in [0.2, 0.25) is 6.41 Å². The van der Waals surface area contributed by atoms with Crippen LogP contribution in [-0.4, -0.2) is 36.3 Å². The van der Waals surface area contributed by atoms with Crippen LogP contribution in [0, 0.1) is 6.92 Å². The summed E-state index contributed by atoms with van der Waals surface area (Å²) >= 11 is 0. The van der Waals surface area contributed by atoms with Crippen LogP contribution < -0.4 is 15.4 Å². The van der Waals surface area contributed by atoms with E-state index in [1.54, 1.807) is 19.2 Å². The smallest absolute Gasteiger partial charge is 0.211 e. The molecule has 0 spiro atoms. The highest BCUT2D eigenvalue weighted by atomic mass is 16.5. The van der Waals surface area contributed by atoms with Gasteiger partial charge in [-0.15, -0.1) is 0 Å². The summed E-state index contributed by atoms with van der Waals surface area (Å²) in [6.45, 7) is 4.43. The van der Waals surface area contributed by atoms with E-state index in [-0.39, 0.29) is 17.5 Å². The van der Waals surface area contributed by atoms with E-state index in [9.17, 15) is 15.0 Å². The lowest BCUT2D eigenvalue weighted by molar-refractivity contribution is -0.105. The van der Waals surface area contributed by atoms with Gasteiger partial charge in [-0.3, -0.25) is 4.79 Å². The minimum atomic E-state index is -0.747. The first-order valence-electron chi connectivity index (χ1n) is 8.52. The van der Waals surface area contributed by atoms with Crippen molar-refractivity contribution in [3.8, 4) is 11.5 Å². The molecule has 2 rings (SSSR count). The average molecular weight is 358 g/mol. The number of amides is 1. The molecule has 4 N–H and O–H groups in total. The lowest BCUT2D eigenvalue weighted by Gasteiger charge is -2.19. The molecule has 2 atom stereocenters. The number of carbonyl (C=O) groups excluding carboxylic acids is 1. The number of methoxy groups -OCH3 is 1. The Labute approximate surface area is 153 Å². The maximum Gasteiger partial charge on any atom is 0.211 e. The second-order valence-corrected chi connectivity index (χ2v) is 6.37. The van der Waals surface area contributed by atoms with Gasteiger partial charge in [-0.25, -0.2) is 0 Å². The van der Waals surface area contributed by atoms with Crippen molar-refractivity contribution in [2.75, 3.05) is 19.0 Å². The van der Waals surface area contributed by atoms with Crippen molar-refractivity contribution < 1.29 is 19.7 Å². The highest BCUT2D eigenvalue weighted by Crippen LogP contribution is 2.26. The Kier molecular flexibility index (Phi) is 7.00. The SMILES string of the molecule is COc1ccc(C[C@@H](C)NC[C@H](O)c2ccc(O)c(NC=O)c2)cc1C. The lowest BCUT2D eigenvalue weighted by atomic mass is 10.0. The van der Waals surface area contributed by atoms with E-state index >= 15 is 0 Å². The third-order valence-corrected chi connectivity index (χ3v) is 4.28. The fraction of sp³-hybridized carbons (Fsp3) is 0.350. The molecule has 0 radical (unpaired) electrons. The molecule has 1 amide bonds. The van der Waals surface area contributed by atoms with E-state index in [0.29, 0.717) is 18.5 Å². The summed E-state index contributed by atoms with van der Waals surface area (Å²) in [5, 5.41) is 25.7. The third-order valence-electron chi connectivity index (χ3n) is 4.28. The predicted octanol–water partition coefficient (Wildman–Crippen LogP) is 2.53. The molecule has 140 valence electrons. The van der Waals surface area contributed by atoms with Crippen molar-refractivity contribution in [2.45, 2.75) is 32.4 Å². The van der Waals surface area contributed by atoms with Crippen LogP contribution in [0.15, 0.2) is 36.4 Å². The van der Waals surface area contributed by atoms with Crippen molar-refractivity contribution in [3.05, 3.63) is 53.1 Å². The normalized spacial score (nSPS) is 13.1. The summed E-state index contributed by atoms with van der Waals surface area (Å²) in [6, 6.07) is 10.9. The number of aromatic hydroxyl groups is 1. The molecule has 26 heavy (non-hydrogen) atoms. The fourth-order valence-corrected chi connectivity index (χ4v) is 2.86. The zero-order valence-corrected chi connectivity index (χ0v) is 15.3. The van der Waals surface area contributed by atoms with Gasteiger partial charge in [-0.1, -0.05) is 18.2 Å². The van der Waals surface area contributed by atoms with E-state index in [4.69, 9.17) is 4.74 Å². The summed E-state index contributed by atoms with van der Waals surface area (Å²) in [7, 11) is 1.66. The largest absolute Gasteiger partial charge is 0.506 e. The highest BCUT2D eigenvalue weighted by molar-refractivity contribution is 5.75. The number of aliphatic hydroxyl groups excluding tert-OH is 1. The lowest BCUT2D eigenvalue weighted by Crippen LogP contribution is -2.32. The molecule has 0 aliphatic rings. The van der Waals surface area contributed by atoms with E-state index in [2.05, 4.69) is 23.6 Å². The van der Waals surface area contributed by atoms with E-state index in [1.807, 2.05) is 19.1 Å². The molecule has 6 nitrogen and oxygen atoms in total.